The van der Waals surface area contributed by atoms with E-state index in [-0.39, 0.29) is 11.9 Å². The summed E-state index contributed by atoms with van der Waals surface area (Å²) >= 11 is 5.70. The van der Waals surface area contributed by atoms with Crippen molar-refractivity contribution >= 4 is 17.5 Å². The molecule has 18 heavy (non-hydrogen) atoms. The van der Waals surface area contributed by atoms with Crippen LogP contribution >= 0.6 is 11.6 Å². The van der Waals surface area contributed by atoms with Crippen molar-refractivity contribution < 1.29 is 4.79 Å². The number of halogens is 1. The van der Waals surface area contributed by atoms with Crippen molar-refractivity contribution in [2.24, 2.45) is 5.92 Å². The molecule has 0 aromatic carbocycles. The highest BCUT2D eigenvalue weighted by molar-refractivity contribution is 6.29. The van der Waals surface area contributed by atoms with Gasteiger partial charge in [0, 0.05) is 12.2 Å². The van der Waals surface area contributed by atoms with E-state index in [4.69, 9.17) is 11.6 Å². The minimum Gasteiger partial charge on any atom is -0.349 e. The molecule has 1 atom stereocenters. The minimum absolute atomic E-state index is 0.0581. The third kappa shape index (κ3) is 3.45. The lowest BCUT2D eigenvalue weighted by Crippen LogP contribution is -2.38. The predicted octanol–water partition coefficient (Wildman–Crippen LogP) is 3.43. The molecule has 1 heterocycles. The Hall–Kier alpha value is -1.09. The molecular weight excluding hydrogens is 248 g/mol. The van der Waals surface area contributed by atoms with Crippen LogP contribution in [0.3, 0.4) is 0 Å². The Morgan fingerprint density at radius 1 is 1.39 bits per heavy atom. The molecular formula is C14H19ClN2O. The first-order valence-corrected chi connectivity index (χ1v) is 6.97. The number of carbonyl (C=O) groups is 1. The molecule has 1 N–H and O–H groups in total. The third-order valence-corrected chi connectivity index (χ3v) is 3.93. The van der Waals surface area contributed by atoms with Crippen molar-refractivity contribution in [3.63, 3.8) is 0 Å². The van der Waals surface area contributed by atoms with Gasteiger partial charge in [0.25, 0.3) is 5.91 Å². The van der Waals surface area contributed by atoms with Crippen LogP contribution in [0.4, 0.5) is 0 Å². The average molecular weight is 267 g/mol. The molecule has 3 nitrogen and oxygen atoms in total. The van der Waals surface area contributed by atoms with Crippen molar-refractivity contribution in [2.45, 2.75) is 45.1 Å². The Morgan fingerprint density at radius 3 is 2.72 bits per heavy atom. The van der Waals surface area contributed by atoms with E-state index in [0.29, 0.717) is 16.6 Å². The molecule has 98 valence electrons. The maximum atomic E-state index is 12.0. The van der Waals surface area contributed by atoms with Crippen LogP contribution in [0, 0.1) is 5.92 Å². The molecule has 0 unspecified atom stereocenters. The summed E-state index contributed by atoms with van der Waals surface area (Å²) in [5, 5.41) is 3.47. The van der Waals surface area contributed by atoms with Crippen molar-refractivity contribution in [1.29, 1.82) is 0 Å². The fraction of sp³-hybridized carbons (Fsp3) is 0.571. The zero-order valence-electron chi connectivity index (χ0n) is 10.7. The summed E-state index contributed by atoms with van der Waals surface area (Å²) < 4.78 is 0. The van der Waals surface area contributed by atoms with Gasteiger partial charge in [-0.2, -0.15) is 0 Å². The molecule has 1 fully saturated rings. The van der Waals surface area contributed by atoms with Crippen molar-refractivity contribution in [3.05, 3.63) is 29.0 Å². The van der Waals surface area contributed by atoms with E-state index in [9.17, 15) is 4.79 Å². The molecule has 1 saturated carbocycles. The van der Waals surface area contributed by atoms with Crippen molar-refractivity contribution in [1.82, 2.24) is 10.3 Å². The Kier molecular flexibility index (Phi) is 4.59. The number of nitrogens with one attached hydrogen (secondary N) is 1. The zero-order valence-corrected chi connectivity index (χ0v) is 11.4. The van der Waals surface area contributed by atoms with Crippen LogP contribution in [-0.4, -0.2) is 16.9 Å². The van der Waals surface area contributed by atoms with Crippen molar-refractivity contribution in [3.8, 4) is 0 Å². The zero-order chi connectivity index (χ0) is 13.0. The summed E-state index contributed by atoms with van der Waals surface area (Å²) in [4.78, 5) is 15.9. The first-order chi connectivity index (χ1) is 8.66. The lowest BCUT2D eigenvalue weighted by atomic mass is 9.84. The summed E-state index contributed by atoms with van der Waals surface area (Å²) in [6.45, 7) is 2.09. The van der Waals surface area contributed by atoms with Crippen LogP contribution < -0.4 is 5.32 Å². The first-order valence-electron chi connectivity index (χ1n) is 6.59. The summed E-state index contributed by atoms with van der Waals surface area (Å²) in [5.41, 5.74) is 0.571. The van der Waals surface area contributed by atoms with Gasteiger partial charge in [0.15, 0.2) is 0 Å². The molecule has 0 bridgehead atoms. The molecule has 0 spiro atoms. The Balaban J connectivity index is 1.91. The maximum Gasteiger partial charge on any atom is 0.253 e. The van der Waals surface area contributed by atoms with Crippen LogP contribution in [0.2, 0.25) is 5.15 Å². The number of rotatable bonds is 3. The van der Waals surface area contributed by atoms with Crippen molar-refractivity contribution in [2.75, 3.05) is 0 Å². The highest BCUT2D eigenvalue weighted by Crippen LogP contribution is 2.26. The normalized spacial score (nSPS) is 18.3. The Bertz CT molecular complexity index is 399. The van der Waals surface area contributed by atoms with E-state index in [1.54, 1.807) is 12.1 Å². The van der Waals surface area contributed by atoms with Gasteiger partial charge in [-0.1, -0.05) is 30.9 Å². The van der Waals surface area contributed by atoms with Gasteiger partial charge < -0.3 is 5.32 Å². The summed E-state index contributed by atoms with van der Waals surface area (Å²) in [6.07, 6.45) is 7.87. The van der Waals surface area contributed by atoms with Gasteiger partial charge in [0.2, 0.25) is 0 Å². The number of amides is 1. The van der Waals surface area contributed by atoms with Gasteiger partial charge in [-0.05, 0) is 37.8 Å². The monoisotopic (exact) mass is 266 g/mol. The van der Waals surface area contributed by atoms with Gasteiger partial charge in [0.05, 0.1) is 5.56 Å². The molecule has 0 aliphatic heterocycles. The van der Waals surface area contributed by atoms with Gasteiger partial charge in [-0.15, -0.1) is 0 Å². The second-order valence-corrected chi connectivity index (χ2v) is 5.42. The second-order valence-electron chi connectivity index (χ2n) is 5.03. The highest BCUT2D eigenvalue weighted by atomic mass is 35.5. The molecule has 1 aromatic heterocycles. The van der Waals surface area contributed by atoms with E-state index >= 15 is 0 Å². The van der Waals surface area contributed by atoms with E-state index in [1.165, 1.54) is 38.3 Å². The fourth-order valence-corrected chi connectivity index (χ4v) is 2.66. The average Bonchev–Trinajstić information content (AvgIpc) is 2.40. The van der Waals surface area contributed by atoms with E-state index in [2.05, 4.69) is 17.2 Å². The van der Waals surface area contributed by atoms with Crippen LogP contribution in [-0.2, 0) is 0 Å². The molecule has 2 rings (SSSR count). The quantitative estimate of drug-likeness (QED) is 0.852. The smallest absolute Gasteiger partial charge is 0.253 e. The summed E-state index contributed by atoms with van der Waals surface area (Å²) in [7, 11) is 0. The number of nitrogens with zero attached hydrogens (tertiary/aromatic N) is 1. The SMILES string of the molecule is C[C@H](NC(=O)c1ccc(Cl)nc1)C1CCCCC1. The van der Waals surface area contributed by atoms with Gasteiger partial charge >= 0.3 is 0 Å². The van der Waals surface area contributed by atoms with Gasteiger partial charge in [-0.3, -0.25) is 4.79 Å². The maximum absolute atomic E-state index is 12.0. The molecule has 0 saturated heterocycles. The molecule has 0 radical (unpaired) electrons. The molecule has 1 aliphatic rings. The summed E-state index contributed by atoms with van der Waals surface area (Å²) in [5.74, 6) is 0.556. The summed E-state index contributed by atoms with van der Waals surface area (Å²) in [6, 6.07) is 3.58. The Labute approximate surface area is 113 Å². The standard InChI is InChI=1S/C14H19ClN2O/c1-10(11-5-3-2-4-6-11)17-14(18)12-7-8-13(15)16-9-12/h7-11H,2-6H2,1H3,(H,17,18)/t10-/m0/s1. The minimum atomic E-state index is -0.0581. The highest BCUT2D eigenvalue weighted by Gasteiger charge is 2.21. The van der Waals surface area contributed by atoms with Gasteiger partial charge in [-0.25, -0.2) is 4.98 Å². The number of hydrogen-bond acceptors (Lipinski definition) is 2. The molecule has 1 amide bonds. The largest absolute Gasteiger partial charge is 0.349 e. The van der Waals surface area contributed by atoms with E-state index in [0.717, 1.165) is 0 Å². The number of aromatic nitrogens is 1. The van der Waals surface area contributed by atoms with E-state index in [1.807, 2.05) is 0 Å². The van der Waals surface area contributed by atoms with Crippen LogP contribution in [0.15, 0.2) is 18.3 Å². The number of hydrogen-bond donors (Lipinski definition) is 1. The topological polar surface area (TPSA) is 42.0 Å². The lowest BCUT2D eigenvalue weighted by Gasteiger charge is -2.28. The fourth-order valence-electron chi connectivity index (χ4n) is 2.55. The van der Waals surface area contributed by atoms with Crippen LogP contribution in [0.5, 0.6) is 0 Å². The number of carbonyl (C=O) groups excluding carboxylic acids is 1. The molecule has 1 aliphatic carbocycles. The molecule has 4 heteroatoms. The Morgan fingerprint density at radius 2 is 2.11 bits per heavy atom. The van der Waals surface area contributed by atoms with Gasteiger partial charge in [0.1, 0.15) is 5.15 Å². The van der Waals surface area contributed by atoms with E-state index < -0.39 is 0 Å². The predicted molar refractivity (Wildman–Crippen MR) is 72.8 cm³/mol. The van der Waals surface area contributed by atoms with Crippen LogP contribution in [0.1, 0.15) is 49.4 Å². The first kappa shape index (κ1) is 13.3. The van der Waals surface area contributed by atoms with Crippen LogP contribution in [0.25, 0.3) is 0 Å². The lowest BCUT2D eigenvalue weighted by molar-refractivity contribution is 0.0919. The molecule has 1 aromatic rings. The second kappa shape index (κ2) is 6.19. The number of pyridine rings is 1. The third-order valence-electron chi connectivity index (χ3n) is 3.71.